The molecule has 2 aliphatic rings. The lowest BCUT2D eigenvalue weighted by molar-refractivity contribution is -0.137. The van der Waals surface area contributed by atoms with E-state index >= 15 is 0 Å². The van der Waals surface area contributed by atoms with Crippen LogP contribution >= 0.6 is 0 Å². The normalized spacial score (nSPS) is 20.8. The van der Waals surface area contributed by atoms with Gasteiger partial charge in [-0.2, -0.15) is 18.3 Å². The summed E-state index contributed by atoms with van der Waals surface area (Å²) in [5.74, 6) is -0.167. The minimum absolute atomic E-state index is 0.00125. The molecule has 2 N–H and O–H groups in total. The molecular weight excluding hydrogens is 598 g/mol. The van der Waals surface area contributed by atoms with E-state index < -0.39 is 44.1 Å². The second-order valence-electron chi connectivity index (χ2n) is 12.0. The third-order valence-electron chi connectivity index (χ3n) is 7.68. The number of halogens is 4. The maximum absolute atomic E-state index is 13.9. The van der Waals surface area contributed by atoms with Crippen LogP contribution in [0.4, 0.5) is 17.6 Å². The summed E-state index contributed by atoms with van der Waals surface area (Å²) >= 11 is 0. The van der Waals surface area contributed by atoms with Crippen molar-refractivity contribution in [1.29, 1.82) is 0 Å². The Hall–Kier alpha value is -3.68. The van der Waals surface area contributed by atoms with Crippen molar-refractivity contribution in [3.63, 3.8) is 0 Å². The zero-order valence-electron chi connectivity index (χ0n) is 24.4. The summed E-state index contributed by atoms with van der Waals surface area (Å²) in [6, 6.07) is 13.6. The summed E-state index contributed by atoms with van der Waals surface area (Å²) in [4.78, 5) is -0.553. The Morgan fingerprint density at radius 3 is 2.45 bits per heavy atom. The Balaban J connectivity index is 1.50. The summed E-state index contributed by atoms with van der Waals surface area (Å²) in [6.45, 7) is 7.22. The van der Waals surface area contributed by atoms with Crippen LogP contribution in [0.2, 0.25) is 0 Å². The fourth-order valence-corrected chi connectivity index (χ4v) is 6.70. The Bertz CT molecular complexity index is 1660. The highest BCUT2D eigenvalue weighted by molar-refractivity contribution is 7.89. The van der Waals surface area contributed by atoms with Gasteiger partial charge in [-0.25, -0.2) is 17.5 Å². The van der Waals surface area contributed by atoms with Crippen LogP contribution in [0.1, 0.15) is 67.8 Å². The molecule has 0 radical (unpaired) electrons. The summed E-state index contributed by atoms with van der Waals surface area (Å²) < 4.78 is 89.7. The lowest BCUT2D eigenvalue weighted by Gasteiger charge is -2.38. The number of hydrogen-bond acceptors (Lipinski definition) is 7. The first-order valence-corrected chi connectivity index (χ1v) is 15.6. The van der Waals surface area contributed by atoms with Crippen LogP contribution in [0.5, 0.6) is 5.75 Å². The van der Waals surface area contributed by atoms with E-state index in [1.807, 2.05) is 18.2 Å². The van der Waals surface area contributed by atoms with Crippen molar-refractivity contribution in [2.75, 3.05) is 6.61 Å². The quantitative estimate of drug-likeness (QED) is 0.251. The van der Waals surface area contributed by atoms with Crippen molar-refractivity contribution in [1.82, 2.24) is 10.0 Å². The highest BCUT2D eigenvalue weighted by Crippen LogP contribution is 2.47. The fourth-order valence-electron chi connectivity index (χ4n) is 5.43. The molecule has 44 heavy (non-hydrogen) atoms. The average molecular weight is 632 g/mol. The second kappa shape index (κ2) is 12.0. The molecule has 0 fully saturated rings. The molecule has 5 rings (SSSR count). The van der Waals surface area contributed by atoms with Gasteiger partial charge < -0.3 is 10.1 Å². The highest BCUT2D eigenvalue weighted by atomic mass is 32.2. The van der Waals surface area contributed by atoms with E-state index in [9.17, 15) is 26.0 Å². The average Bonchev–Trinajstić information content (AvgIpc) is 3.44. The molecule has 0 saturated heterocycles. The van der Waals surface area contributed by atoms with Crippen molar-refractivity contribution in [2.24, 2.45) is 15.4 Å². The molecule has 13 heteroatoms. The van der Waals surface area contributed by atoms with Crippen molar-refractivity contribution >= 4 is 16.2 Å². The van der Waals surface area contributed by atoms with E-state index in [0.29, 0.717) is 37.0 Å². The second-order valence-corrected chi connectivity index (χ2v) is 13.8. The van der Waals surface area contributed by atoms with Gasteiger partial charge in [-0.05, 0) is 79.9 Å². The van der Waals surface area contributed by atoms with Gasteiger partial charge in [0.1, 0.15) is 17.1 Å². The van der Waals surface area contributed by atoms with Gasteiger partial charge >= 0.3 is 6.18 Å². The van der Waals surface area contributed by atoms with Gasteiger partial charge in [0.2, 0.25) is 10.0 Å². The Morgan fingerprint density at radius 1 is 1.05 bits per heavy atom. The summed E-state index contributed by atoms with van der Waals surface area (Å²) in [7, 11) is -4.48. The van der Waals surface area contributed by atoms with Crippen LogP contribution in [0.15, 0.2) is 87.1 Å². The topological polar surface area (TPSA) is 105 Å². The number of nitrogens with zero attached hydrogens (tertiary/aromatic N) is 3. The number of ether oxygens (including phenoxy) is 1. The molecule has 0 saturated carbocycles. The summed E-state index contributed by atoms with van der Waals surface area (Å²) in [6.07, 6.45) is -2.64. The predicted octanol–water partition coefficient (Wildman–Crippen LogP) is 6.90. The molecule has 234 valence electrons. The molecule has 0 bridgehead atoms. The lowest BCUT2D eigenvalue weighted by Crippen LogP contribution is -2.42. The van der Waals surface area contributed by atoms with Gasteiger partial charge in [0.25, 0.3) is 0 Å². The van der Waals surface area contributed by atoms with E-state index in [-0.39, 0.29) is 17.9 Å². The number of sulfonamides is 1. The van der Waals surface area contributed by atoms with Gasteiger partial charge in [-0.3, -0.25) is 0 Å². The molecule has 3 aromatic carbocycles. The van der Waals surface area contributed by atoms with Crippen LogP contribution in [-0.4, -0.2) is 32.3 Å². The van der Waals surface area contributed by atoms with Crippen LogP contribution in [0.25, 0.3) is 0 Å². The van der Waals surface area contributed by atoms with Crippen LogP contribution in [0.3, 0.4) is 0 Å². The van der Waals surface area contributed by atoms with Crippen molar-refractivity contribution in [2.45, 2.75) is 74.3 Å². The molecule has 0 spiro atoms. The number of benzene rings is 3. The first kappa shape index (κ1) is 31.7. The third-order valence-corrected chi connectivity index (χ3v) is 9.15. The van der Waals surface area contributed by atoms with Crippen LogP contribution < -0.4 is 14.8 Å². The van der Waals surface area contributed by atoms with Gasteiger partial charge in [0.05, 0.1) is 23.3 Å². The number of rotatable bonds is 9. The minimum atomic E-state index is -4.73. The summed E-state index contributed by atoms with van der Waals surface area (Å²) in [5.41, 5.74) is -0.0369. The molecule has 0 amide bonds. The van der Waals surface area contributed by atoms with Gasteiger partial charge in [-0.1, -0.05) is 30.3 Å². The minimum Gasteiger partial charge on any atom is -0.493 e. The molecule has 3 unspecified atom stereocenters. The van der Waals surface area contributed by atoms with Crippen molar-refractivity contribution < 1.29 is 30.7 Å². The van der Waals surface area contributed by atoms with E-state index in [2.05, 4.69) is 46.2 Å². The Labute approximate surface area is 253 Å². The standard InChI is InChI=1S/C31H33F4N5O3S/c1-29(2,3)36-18-20-7-12-25-26(13-14-43-28(25)15-20)30(19-37-40-39-30)17-27(21-8-10-23(32)11-9-21)38-44(41,42)24-6-4-5-22(16-24)31(33,34)35/h4-12,15-16,19,26-27,36,38H,13-14,17-18H2,1-3H3. The van der Waals surface area contributed by atoms with E-state index in [0.717, 1.165) is 29.3 Å². The Morgan fingerprint density at radius 2 is 1.80 bits per heavy atom. The van der Waals surface area contributed by atoms with E-state index in [1.165, 1.54) is 24.3 Å². The largest absolute Gasteiger partial charge is 0.493 e. The molecule has 0 aliphatic carbocycles. The van der Waals surface area contributed by atoms with Gasteiger partial charge in [-0.15, -0.1) is 5.10 Å². The first-order chi connectivity index (χ1) is 20.7. The monoisotopic (exact) mass is 631 g/mol. The SMILES string of the molecule is CC(C)(C)NCc1ccc2c(c1)OCCC2C1(CC(NS(=O)(=O)c2cccc(C(F)(F)F)c2)c2ccc(F)cc2)C=NN=N1. The van der Waals surface area contributed by atoms with Crippen LogP contribution in [-0.2, 0) is 22.7 Å². The molecule has 3 aromatic rings. The van der Waals surface area contributed by atoms with Crippen LogP contribution in [0, 0.1) is 5.82 Å². The number of nitrogens with one attached hydrogen (secondary N) is 2. The van der Waals surface area contributed by atoms with E-state index in [1.54, 1.807) is 6.21 Å². The van der Waals surface area contributed by atoms with Gasteiger partial charge in [0.15, 0.2) is 0 Å². The number of fused-ring (bicyclic) bond motifs is 1. The number of hydrogen-bond donors (Lipinski definition) is 2. The fraction of sp³-hybridized carbons (Fsp3) is 0.387. The molecular formula is C31H33F4N5O3S. The zero-order chi connectivity index (χ0) is 31.8. The summed E-state index contributed by atoms with van der Waals surface area (Å²) in [5, 5.41) is 15.9. The third kappa shape index (κ3) is 7.16. The molecule has 2 heterocycles. The van der Waals surface area contributed by atoms with E-state index in [4.69, 9.17) is 4.74 Å². The molecule has 3 atom stereocenters. The van der Waals surface area contributed by atoms with Crippen molar-refractivity contribution in [3.8, 4) is 5.75 Å². The zero-order valence-corrected chi connectivity index (χ0v) is 25.2. The van der Waals surface area contributed by atoms with Crippen molar-refractivity contribution in [3.05, 3.63) is 94.8 Å². The highest BCUT2D eigenvalue weighted by Gasteiger charge is 2.46. The molecule has 2 aliphatic heterocycles. The number of alkyl halides is 3. The first-order valence-electron chi connectivity index (χ1n) is 14.1. The van der Waals surface area contributed by atoms with Gasteiger partial charge in [0, 0.05) is 36.0 Å². The maximum Gasteiger partial charge on any atom is 0.416 e. The lowest BCUT2D eigenvalue weighted by atomic mass is 9.73. The predicted molar refractivity (Wildman–Crippen MR) is 157 cm³/mol. The molecule has 8 nitrogen and oxygen atoms in total. The smallest absolute Gasteiger partial charge is 0.416 e. The Kier molecular flexibility index (Phi) is 8.67. The molecule has 0 aromatic heterocycles. The maximum atomic E-state index is 13.9.